The molecular weight excluding hydrogens is 260 g/mol. The number of rotatable bonds is 4. The Morgan fingerprint density at radius 2 is 1.74 bits per heavy atom. The fourth-order valence-electron chi connectivity index (χ4n) is 1.82. The standard InChI is InChI=1S/C15H25ClN2O/c1-9(2)8-10(3)19-13-11(4)12(16)17-14(18-13)15(5,6)7/h9-10H,8H2,1-7H3. The Kier molecular flexibility index (Phi) is 5.19. The Labute approximate surface area is 121 Å². The molecule has 0 aliphatic rings. The van der Waals surface area contributed by atoms with Crippen molar-refractivity contribution < 1.29 is 4.74 Å². The summed E-state index contributed by atoms with van der Waals surface area (Å²) < 4.78 is 5.94. The van der Waals surface area contributed by atoms with Crippen LogP contribution in [0.3, 0.4) is 0 Å². The van der Waals surface area contributed by atoms with Gasteiger partial charge in [-0.2, -0.15) is 4.98 Å². The van der Waals surface area contributed by atoms with Crippen molar-refractivity contribution in [2.75, 3.05) is 0 Å². The fourth-order valence-corrected chi connectivity index (χ4v) is 1.98. The van der Waals surface area contributed by atoms with Gasteiger partial charge in [-0.05, 0) is 26.2 Å². The van der Waals surface area contributed by atoms with Gasteiger partial charge in [0.2, 0.25) is 5.88 Å². The summed E-state index contributed by atoms with van der Waals surface area (Å²) in [5.74, 6) is 1.92. The van der Waals surface area contributed by atoms with Gasteiger partial charge < -0.3 is 4.74 Å². The number of aromatic nitrogens is 2. The first-order chi connectivity index (χ1) is 8.61. The number of hydrogen-bond donors (Lipinski definition) is 0. The van der Waals surface area contributed by atoms with Gasteiger partial charge in [-0.25, -0.2) is 4.98 Å². The molecule has 1 atom stereocenters. The van der Waals surface area contributed by atoms with Gasteiger partial charge >= 0.3 is 0 Å². The second kappa shape index (κ2) is 6.08. The van der Waals surface area contributed by atoms with Gasteiger partial charge in [0, 0.05) is 11.0 Å². The molecule has 0 N–H and O–H groups in total. The van der Waals surface area contributed by atoms with Crippen molar-refractivity contribution in [1.29, 1.82) is 0 Å². The lowest BCUT2D eigenvalue weighted by Crippen LogP contribution is -2.20. The average Bonchev–Trinajstić information content (AvgIpc) is 2.21. The zero-order chi connectivity index (χ0) is 14.8. The van der Waals surface area contributed by atoms with Crippen LogP contribution in [-0.2, 0) is 5.41 Å². The van der Waals surface area contributed by atoms with Crippen LogP contribution >= 0.6 is 11.6 Å². The molecule has 1 rings (SSSR count). The number of hydrogen-bond acceptors (Lipinski definition) is 3. The highest BCUT2D eigenvalue weighted by Gasteiger charge is 2.22. The van der Waals surface area contributed by atoms with Crippen molar-refractivity contribution >= 4 is 11.6 Å². The molecule has 0 spiro atoms. The largest absolute Gasteiger partial charge is 0.474 e. The quantitative estimate of drug-likeness (QED) is 0.761. The van der Waals surface area contributed by atoms with E-state index in [9.17, 15) is 0 Å². The van der Waals surface area contributed by atoms with Gasteiger partial charge in [-0.1, -0.05) is 46.2 Å². The summed E-state index contributed by atoms with van der Waals surface area (Å²) in [5.41, 5.74) is 0.668. The van der Waals surface area contributed by atoms with Gasteiger partial charge in [0.25, 0.3) is 0 Å². The minimum Gasteiger partial charge on any atom is -0.474 e. The van der Waals surface area contributed by atoms with Crippen molar-refractivity contribution in [2.24, 2.45) is 5.92 Å². The molecule has 0 aliphatic heterocycles. The van der Waals surface area contributed by atoms with Crippen LogP contribution in [0.1, 0.15) is 59.4 Å². The number of nitrogens with zero attached hydrogens (tertiary/aromatic N) is 2. The maximum atomic E-state index is 6.18. The molecule has 4 heteroatoms. The summed E-state index contributed by atoms with van der Waals surface area (Å²) in [5, 5.41) is 0.478. The topological polar surface area (TPSA) is 35.0 Å². The molecule has 0 saturated heterocycles. The molecule has 0 amide bonds. The van der Waals surface area contributed by atoms with Crippen molar-refractivity contribution in [3.63, 3.8) is 0 Å². The van der Waals surface area contributed by atoms with Crippen LogP contribution in [0.25, 0.3) is 0 Å². The Balaban J connectivity index is 3.03. The van der Waals surface area contributed by atoms with E-state index in [1.165, 1.54) is 0 Å². The fraction of sp³-hybridized carbons (Fsp3) is 0.733. The minimum atomic E-state index is -0.142. The summed E-state index contributed by atoms with van der Waals surface area (Å²) in [6, 6.07) is 0. The van der Waals surface area contributed by atoms with E-state index in [1.807, 2.05) is 6.92 Å². The van der Waals surface area contributed by atoms with Gasteiger partial charge in [0.1, 0.15) is 11.0 Å². The van der Waals surface area contributed by atoms with E-state index >= 15 is 0 Å². The summed E-state index contributed by atoms with van der Waals surface area (Å²) >= 11 is 6.18. The van der Waals surface area contributed by atoms with Gasteiger partial charge in [0.05, 0.1) is 6.10 Å². The lowest BCUT2D eigenvalue weighted by atomic mass is 9.96. The molecule has 0 aromatic carbocycles. The van der Waals surface area contributed by atoms with Crippen LogP contribution in [0.5, 0.6) is 5.88 Å². The normalized spacial score (nSPS) is 13.7. The minimum absolute atomic E-state index is 0.123. The van der Waals surface area contributed by atoms with E-state index < -0.39 is 0 Å². The predicted octanol–water partition coefficient (Wildman–Crippen LogP) is 4.55. The third kappa shape index (κ3) is 4.64. The molecule has 108 valence electrons. The third-order valence-electron chi connectivity index (χ3n) is 2.83. The van der Waals surface area contributed by atoms with E-state index in [4.69, 9.17) is 16.3 Å². The summed E-state index contributed by atoms with van der Waals surface area (Å²) in [6.45, 7) is 14.5. The van der Waals surface area contributed by atoms with Crippen LogP contribution in [0.2, 0.25) is 5.15 Å². The smallest absolute Gasteiger partial charge is 0.221 e. The zero-order valence-electron chi connectivity index (χ0n) is 13.0. The highest BCUT2D eigenvalue weighted by atomic mass is 35.5. The Morgan fingerprint density at radius 1 is 1.16 bits per heavy atom. The second-order valence-corrected chi connectivity index (χ2v) is 6.93. The Morgan fingerprint density at radius 3 is 2.21 bits per heavy atom. The van der Waals surface area contributed by atoms with Gasteiger partial charge in [-0.15, -0.1) is 0 Å². The highest BCUT2D eigenvalue weighted by Crippen LogP contribution is 2.28. The lowest BCUT2D eigenvalue weighted by Gasteiger charge is -2.21. The molecule has 0 bridgehead atoms. The molecule has 0 aliphatic carbocycles. The molecule has 0 radical (unpaired) electrons. The second-order valence-electron chi connectivity index (χ2n) is 6.58. The SMILES string of the molecule is Cc1c(Cl)nc(C(C)(C)C)nc1OC(C)CC(C)C. The van der Waals surface area contributed by atoms with E-state index in [-0.39, 0.29) is 11.5 Å². The van der Waals surface area contributed by atoms with Crippen molar-refractivity contribution in [2.45, 2.75) is 66.4 Å². The molecule has 0 fully saturated rings. The Bertz CT molecular complexity index is 439. The first-order valence-corrected chi connectivity index (χ1v) is 7.20. The first-order valence-electron chi connectivity index (χ1n) is 6.82. The summed E-state index contributed by atoms with van der Waals surface area (Å²) in [4.78, 5) is 8.88. The van der Waals surface area contributed by atoms with E-state index in [0.29, 0.717) is 17.0 Å². The average molecular weight is 285 g/mol. The molecule has 1 aromatic rings. The van der Waals surface area contributed by atoms with E-state index in [1.54, 1.807) is 0 Å². The molecule has 3 nitrogen and oxygen atoms in total. The maximum absolute atomic E-state index is 6.18. The summed E-state index contributed by atoms with van der Waals surface area (Å²) in [7, 11) is 0. The molecule has 0 saturated carbocycles. The van der Waals surface area contributed by atoms with E-state index in [0.717, 1.165) is 17.8 Å². The summed E-state index contributed by atoms with van der Waals surface area (Å²) in [6.07, 6.45) is 1.11. The van der Waals surface area contributed by atoms with Gasteiger partial charge in [-0.3, -0.25) is 0 Å². The lowest BCUT2D eigenvalue weighted by molar-refractivity contribution is 0.183. The van der Waals surface area contributed by atoms with Crippen LogP contribution in [0.15, 0.2) is 0 Å². The molecule has 19 heavy (non-hydrogen) atoms. The molecule has 1 aromatic heterocycles. The predicted molar refractivity (Wildman–Crippen MR) is 80.0 cm³/mol. The van der Waals surface area contributed by atoms with Crippen molar-refractivity contribution in [3.8, 4) is 5.88 Å². The number of ether oxygens (including phenoxy) is 1. The molecule has 1 unspecified atom stereocenters. The van der Waals surface area contributed by atoms with Crippen LogP contribution in [-0.4, -0.2) is 16.1 Å². The van der Waals surface area contributed by atoms with Crippen LogP contribution < -0.4 is 4.74 Å². The van der Waals surface area contributed by atoms with Gasteiger partial charge in [0.15, 0.2) is 0 Å². The van der Waals surface area contributed by atoms with Crippen LogP contribution in [0.4, 0.5) is 0 Å². The highest BCUT2D eigenvalue weighted by molar-refractivity contribution is 6.30. The van der Waals surface area contributed by atoms with Crippen molar-refractivity contribution in [3.05, 3.63) is 16.5 Å². The van der Waals surface area contributed by atoms with Crippen LogP contribution in [0, 0.1) is 12.8 Å². The maximum Gasteiger partial charge on any atom is 0.221 e. The number of halogens is 1. The molecule has 1 heterocycles. The first kappa shape index (κ1) is 16.2. The van der Waals surface area contributed by atoms with E-state index in [2.05, 4.69) is 51.5 Å². The zero-order valence-corrected chi connectivity index (χ0v) is 13.8. The monoisotopic (exact) mass is 284 g/mol. The third-order valence-corrected chi connectivity index (χ3v) is 3.20. The molecular formula is C15H25ClN2O. The van der Waals surface area contributed by atoms with Crippen molar-refractivity contribution in [1.82, 2.24) is 9.97 Å². The Hall–Kier alpha value is -0.830.